The first-order valence-corrected chi connectivity index (χ1v) is 7.00. The Balaban J connectivity index is 1.89. The average molecular weight is 346 g/mol. The van der Waals surface area contributed by atoms with E-state index in [1.165, 1.54) is 30.3 Å². The molecule has 1 amide bonds. The second-order valence-corrected chi connectivity index (χ2v) is 4.68. The monoisotopic (exact) mass is 346 g/mol. The SMILES string of the molecule is N#Cc1ccccc1NC(=O)COC(=O)c1ccc(OC(F)F)cc1. The van der Waals surface area contributed by atoms with Crippen molar-refractivity contribution in [1.29, 1.82) is 5.26 Å². The summed E-state index contributed by atoms with van der Waals surface area (Å²) in [5.41, 5.74) is 0.656. The van der Waals surface area contributed by atoms with Gasteiger partial charge in [0.15, 0.2) is 6.61 Å². The van der Waals surface area contributed by atoms with E-state index in [1.54, 1.807) is 18.2 Å². The lowest BCUT2D eigenvalue weighted by molar-refractivity contribution is -0.119. The average Bonchev–Trinajstić information content (AvgIpc) is 2.60. The largest absolute Gasteiger partial charge is 0.452 e. The Bertz CT molecular complexity index is 801. The Morgan fingerprint density at radius 1 is 1.12 bits per heavy atom. The van der Waals surface area contributed by atoms with Gasteiger partial charge in [-0.2, -0.15) is 14.0 Å². The first-order chi connectivity index (χ1) is 12.0. The Labute approximate surface area is 141 Å². The van der Waals surface area contributed by atoms with Crippen LogP contribution >= 0.6 is 0 Å². The molecule has 128 valence electrons. The fraction of sp³-hybridized carbons (Fsp3) is 0.118. The third-order valence-electron chi connectivity index (χ3n) is 2.97. The molecule has 0 spiro atoms. The van der Waals surface area contributed by atoms with E-state index in [4.69, 9.17) is 10.00 Å². The van der Waals surface area contributed by atoms with E-state index in [9.17, 15) is 18.4 Å². The van der Waals surface area contributed by atoms with Gasteiger partial charge in [0.05, 0.1) is 16.8 Å². The third-order valence-corrected chi connectivity index (χ3v) is 2.97. The minimum Gasteiger partial charge on any atom is -0.452 e. The van der Waals surface area contributed by atoms with Gasteiger partial charge in [-0.1, -0.05) is 12.1 Å². The molecular formula is C17H12F2N2O4. The molecule has 8 heteroatoms. The second kappa shape index (κ2) is 8.40. The van der Waals surface area contributed by atoms with Gasteiger partial charge >= 0.3 is 12.6 Å². The van der Waals surface area contributed by atoms with E-state index in [1.807, 2.05) is 6.07 Å². The van der Waals surface area contributed by atoms with Crippen LogP contribution in [0.3, 0.4) is 0 Å². The summed E-state index contributed by atoms with van der Waals surface area (Å²) in [4.78, 5) is 23.6. The van der Waals surface area contributed by atoms with Crippen molar-refractivity contribution in [2.45, 2.75) is 6.61 Å². The number of hydrogen-bond donors (Lipinski definition) is 1. The van der Waals surface area contributed by atoms with E-state index < -0.39 is 25.1 Å². The van der Waals surface area contributed by atoms with Gasteiger partial charge in [0.2, 0.25) is 0 Å². The van der Waals surface area contributed by atoms with E-state index >= 15 is 0 Å². The molecule has 0 fully saturated rings. The molecule has 25 heavy (non-hydrogen) atoms. The summed E-state index contributed by atoms with van der Waals surface area (Å²) < 4.78 is 33.1. The maximum atomic E-state index is 12.0. The number of nitriles is 1. The number of carbonyl (C=O) groups excluding carboxylic acids is 2. The van der Waals surface area contributed by atoms with Gasteiger partial charge in [-0.05, 0) is 36.4 Å². The van der Waals surface area contributed by atoms with Crippen molar-refractivity contribution in [2.24, 2.45) is 0 Å². The quantitative estimate of drug-likeness (QED) is 0.813. The molecule has 0 aliphatic carbocycles. The van der Waals surface area contributed by atoms with Crippen molar-refractivity contribution < 1.29 is 27.8 Å². The molecule has 0 unspecified atom stereocenters. The highest BCUT2D eigenvalue weighted by molar-refractivity contribution is 5.96. The van der Waals surface area contributed by atoms with Gasteiger partial charge in [-0.15, -0.1) is 0 Å². The summed E-state index contributed by atoms with van der Waals surface area (Å²) in [6.07, 6.45) is 0. The predicted molar refractivity (Wildman–Crippen MR) is 83.1 cm³/mol. The summed E-state index contributed by atoms with van der Waals surface area (Å²) in [6, 6.07) is 13.1. The lowest BCUT2D eigenvalue weighted by Gasteiger charge is -2.08. The van der Waals surface area contributed by atoms with Crippen molar-refractivity contribution in [3.63, 3.8) is 0 Å². The first kappa shape index (κ1) is 17.9. The zero-order valence-electron chi connectivity index (χ0n) is 12.7. The number of alkyl halides is 2. The molecule has 2 rings (SSSR count). The smallest absolute Gasteiger partial charge is 0.387 e. The van der Waals surface area contributed by atoms with Gasteiger partial charge in [0, 0.05) is 0 Å². The molecule has 0 saturated heterocycles. The van der Waals surface area contributed by atoms with Crippen molar-refractivity contribution in [2.75, 3.05) is 11.9 Å². The number of rotatable bonds is 6. The second-order valence-electron chi connectivity index (χ2n) is 4.68. The number of ether oxygens (including phenoxy) is 2. The van der Waals surface area contributed by atoms with Crippen LogP contribution in [0.15, 0.2) is 48.5 Å². The lowest BCUT2D eigenvalue weighted by atomic mass is 10.2. The molecule has 0 radical (unpaired) electrons. The Kier molecular flexibility index (Phi) is 6.01. The van der Waals surface area contributed by atoms with Gasteiger partial charge in [0.25, 0.3) is 5.91 Å². The van der Waals surface area contributed by atoms with Crippen LogP contribution in [0.4, 0.5) is 14.5 Å². The number of amides is 1. The molecule has 0 aliphatic rings. The number of halogens is 2. The van der Waals surface area contributed by atoms with Crippen LogP contribution in [0, 0.1) is 11.3 Å². The molecule has 0 aromatic heterocycles. The highest BCUT2D eigenvalue weighted by atomic mass is 19.3. The Morgan fingerprint density at radius 2 is 1.80 bits per heavy atom. The number of anilines is 1. The normalized spacial score (nSPS) is 10.0. The topological polar surface area (TPSA) is 88.4 Å². The highest BCUT2D eigenvalue weighted by Crippen LogP contribution is 2.16. The molecule has 0 saturated carbocycles. The molecular weight excluding hydrogens is 334 g/mol. The standard InChI is InChI=1S/C17H12F2N2O4/c18-17(19)25-13-7-5-11(6-8-13)16(23)24-10-15(22)21-14-4-2-1-3-12(14)9-20/h1-8,17H,10H2,(H,21,22). The lowest BCUT2D eigenvalue weighted by Crippen LogP contribution is -2.21. The van der Waals surface area contributed by atoms with Crippen molar-refractivity contribution in [3.05, 3.63) is 59.7 Å². The van der Waals surface area contributed by atoms with Crippen LogP contribution in [-0.2, 0) is 9.53 Å². The summed E-state index contributed by atoms with van der Waals surface area (Å²) in [7, 11) is 0. The summed E-state index contributed by atoms with van der Waals surface area (Å²) in [5.74, 6) is -1.52. The van der Waals surface area contributed by atoms with Crippen molar-refractivity contribution >= 4 is 17.6 Å². The maximum Gasteiger partial charge on any atom is 0.387 e. The maximum absolute atomic E-state index is 12.0. The molecule has 2 aromatic carbocycles. The Morgan fingerprint density at radius 3 is 2.44 bits per heavy atom. The molecule has 0 atom stereocenters. The van der Waals surface area contributed by atoms with Gasteiger partial charge < -0.3 is 14.8 Å². The molecule has 6 nitrogen and oxygen atoms in total. The molecule has 0 heterocycles. The van der Waals surface area contributed by atoms with Crippen LogP contribution in [-0.4, -0.2) is 25.1 Å². The predicted octanol–water partition coefficient (Wildman–Crippen LogP) is 2.96. The number of nitrogens with zero attached hydrogens (tertiary/aromatic N) is 1. The molecule has 0 aliphatic heterocycles. The highest BCUT2D eigenvalue weighted by Gasteiger charge is 2.12. The van der Waals surface area contributed by atoms with E-state index in [-0.39, 0.29) is 16.9 Å². The summed E-state index contributed by atoms with van der Waals surface area (Å²) >= 11 is 0. The van der Waals surface area contributed by atoms with Gasteiger partial charge in [-0.25, -0.2) is 4.79 Å². The van der Waals surface area contributed by atoms with E-state index in [2.05, 4.69) is 10.1 Å². The van der Waals surface area contributed by atoms with Crippen LogP contribution in [0.25, 0.3) is 0 Å². The number of hydrogen-bond acceptors (Lipinski definition) is 5. The number of esters is 1. The van der Waals surface area contributed by atoms with Crippen LogP contribution in [0.5, 0.6) is 5.75 Å². The van der Waals surface area contributed by atoms with E-state index in [0.29, 0.717) is 5.69 Å². The zero-order valence-corrected chi connectivity index (χ0v) is 12.7. The fourth-order valence-corrected chi connectivity index (χ4v) is 1.86. The molecule has 0 bridgehead atoms. The van der Waals surface area contributed by atoms with Gasteiger partial charge in [0.1, 0.15) is 11.8 Å². The number of carbonyl (C=O) groups is 2. The zero-order chi connectivity index (χ0) is 18.2. The number of nitrogens with one attached hydrogen (secondary N) is 1. The van der Waals surface area contributed by atoms with E-state index in [0.717, 1.165) is 0 Å². The number of benzene rings is 2. The summed E-state index contributed by atoms with van der Waals surface area (Å²) in [5, 5.41) is 11.4. The third kappa shape index (κ3) is 5.28. The number of para-hydroxylation sites is 1. The first-order valence-electron chi connectivity index (χ1n) is 7.00. The van der Waals surface area contributed by atoms with Crippen LogP contribution in [0.1, 0.15) is 15.9 Å². The minimum atomic E-state index is -2.96. The molecule has 1 N–H and O–H groups in total. The van der Waals surface area contributed by atoms with Gasteiger partial charge in [-0.3, -0.25) is 4.79 Å². The van der Waals surface area contributed by atoms with Crippen LogP contribution in [0.2, 0.25) is 0 Å². The van der Waals surface area contributed by atoms with Crippen molar-refractivity contribution in [3.8, 4) is 11.8 Å². The Hall–Kier alpha value is -3.47. The minimum absolute atomic E-state index is 0.0758. The molecule has 2 aromatic rings. The van der Waals surface area contributed by atoms with Crippen LogP contribution < -0.4 is 10.1 Å². The fourth-order valence-electron chi connectivity index (χ4n) is 1.86. The summed E-state index contributed by atoms with van der Waals surface area (Å²) in [6.45, 7) is -3.52. The van der Waals surface area contributed by atoms with Crippen molar-refractivity contribution in [1.82, 2.24) is 0 Å².